The first kappa shape index (κ1) is 20.6. The molecule has 0 bridgehead atoms. The average Bonchev–Trinajstić information content (AvgIpc) is 3.05. The minimum atomic E-state index is -0.943. The molecular formula is C23H26N2O4. The Bertz CT molecular complexity index is 910. The first-order valence-electron chi connectivity index (χ1n) is 9.74. The zero-order valence-corrected chi connectivity index (χ0v) is 17.0. The number of amides is 2. The minimum Gasteiger partial charge on any atom is -0.452 e. The summed E-state index contributed by atoms with van der Waals surface area (Å²) in [6.45, 7) is 6.19. The third-order valence-electron chi connectivity index (χ3n) is 5.07. The van der Waals surface area contributed by atoms with Gasteiger partial charge in [0.1, 0.15) is 0 Å². The molecule has 1 fully saturated rings. The number of nitrogens with one attached hydrogen (secondary N) is 1. The van der Waals surface area contributed by atoms with Crippen LogP contribution in [0.3, 0.4) is 0 Å². The Morgan fingerprint density at radius 1 is 1.17 bits per heavy atom. The van der Waals surface area contributed by atoms with Crippen molar-refractivity contribution < 1.29 is 19.1 Å². The third kappa shape index (κ3) is 5.22. The third-order valence-corrected chi connectivity index (χ3v) is 5.07. The number of benzene rings is 2. The van der Waals surface area contributed by atoms with Gasteiger partial charge in [-0.15, -0.1) is 0 Å². The molecule has 1 N–H and O–H groups in total. The van der Waals surface area contributed by atoms with E-state index in [1.54, 1.807) is 4.90 Å². The maximum atomic E-state index is 12.5. The van der Waals surface area contributed by atoms with Crippen molar-refractivity contribution in [3.63, 3.8) is 0 Å². The number of hydrogen-bond acceptors (Lipinski definition) is 4. The Hall–Kier alpha value is -3.15. The van der Waals surface area contributed by atoms with Crippen LogP contribution in [0.4, 0.5) is 5.69 Å². The first-order valence-corrected chi connectivity index (χ1v) is 9.74. The van der Waals surface area contributed by atoms with Crippen LogP contribution in [0.25, 0.3) is 0 Å². The highest BCUT2D eigenvalue weighted by molar-refractivity contribution is 5.96. The van der Waals surface area contributed by atoms with Gasteiger partial charge < -0.3 is 15.0 Å². The number of likely N-dealkylation sites (tertiary alicyclic amines) is 1. The van der Waals surface area contributed by atoms with Crippen molar-refractivity contribution in [1.82, 2.24) is 4.90 Å². The van der Waals surface area contributed by atoms with E-state index in [2.05, 4.69) is 5.32 Å². The fourth-order valence-corrected chi connectivity index (χ4v) is 3.40. The van der Waals surface area contributed by atoms with Gasteiger partial charge in [0.25, 0.3) is 5.91 Å². The molecule has 2 unspecified atom stereocenters. The summed E-state index contributed by atoms with van der Waals surface area (Å²) in [5.74, 6) is -1.54. The predicted octanol–water partition coefficient (Wildman–Crippen LogP) is 3.22. The fourth-order valence-electron chi connectivity index (χ4n) is 3.40. The molecule has 29 heavy (non-hydrogen) atoms. The van der Waals surface area contributed by atoms with Crippen molar-refractivity contribution in [2.24, 2.45) is 5.92 Å². The minimum absolute atomic E-state index is 0.0804. The van der Waals surface area contributed by atoms with E-state index in [1.165, 1.54) is 6.92 Å². The zero-order chi connectivity index (χ0) is 21.0. The molecule has 0 saturated carbocycles. The maximum Gasteiger partial charge on any atom is 0.312 e. The van der Waals surface area contributed by atoms with Gasteiger partial charge in [0.15, 0.2) is 6.10 Å². The lowest BCUT2D eigenvalue weighted by atomic mass is 10.1. The van der Waals surface area contributed by atoms with Crippen molar-refractivity contribution in [3.05, 3.63) is 65.2 Å². The average molecular weight is 394 g/mol. The lowest BCUT2D eigenvalue weighted by Gasteiger charge is -2.18. The smallest absolute Gasteiger partial charge is 0.312 e. The van der Waals surface area contributed by atoms with Crippen LogP contribution in [0.5, 0.6) is 0 Å². The lowest BCUT2D eigenvalue weighted by Crippen LogP contribution is -2.33. The van der Waals surface area contributed by atoms with Gasteiger partial charge in [-0.3, -0.25) is 14.4 Å². The molecule has 1 heterocycles. The molecule has 2 aromatic rings. The quantitative estimate of drug-likeness (QED) is 0.764. The van der Waals surface area contributed by atoms with Crippen LogP contribution in [0.2, 0.25) is 0 Å². The van der Waals surface area contributed by atoms with Crippen LogP contribution >= 0.6 is 0 Å². The van der Waals surface area contributed by atoms with Gasteiger partial charge in [-0.25, -0.2) is 0 Å². The molecule has 1 aliphatic heterocycles. The summed E-state index contributed by atoms with van der Waals surface area (Å²) in [6, 6.07) is 15.3. The van der Waals surface area contributed by atoms with E-state index >= 15 is 0 Å². The molecule has 0 spiro atoms. The maximum absolute atomic E-state index is 12.5. The van der Waals surface area contributed by atoms with Gasteiger partial charge >= 0.3 is 5.97 Å². The van der Waals surface area contributed by atoms with Crippen molar-refractivity contribution in [2.75, 3.05) is 11.9 Å². The summed E-state index contributed by atoms with van der Waals surface area (Å²) in [6.07, 6.45) is -0.835. The van der Waals surface area contributed by atoms with Crippen LogP contribution in [0, 0.1) is 19.8 Å². The van der Waals surface area contributed by atoms with E-state index in [0.29, 0.717) is 18.8 Å². The number of hydrogen-bond donors (Lipinski definition) is 1. The zero-order valence-electron chi connectivity index (χ0n) is 17.0. The predicted molar refractivity (Wildman–Crippen MR) is 110 cm³/mol. The van der Waals surface area contributed by atoms with E-state index in [0.717, 1.165) is 16.7 Å². The SMILES string of the molecule is Cc1ccc(NC(=O)C(C)OC(=O)C2CC(=O)N(Cc3ccccc3)C2)c(C)c1. The number of carbonyl (C=O) groups excluding carboxylic acids is 3. The van der Waals surface area contributed by atoms with Gasteiger partial charge in [0.05, 0.1) is 5.92 Å². The Labute approximate surface area is 170 Å². The highest BCUT2D eigenvalue weighted by atomic mass is 16.5. The normalized spacial score (nSPS) is 17.1. The van der Waals surface area contributed by atoms with E-state index in [1.807, 2.05) is 62.4 Å². The molecule has 2 atom stereocenters. The molecule has 0 aromatic heterocycles. The van der Waals surface area contributed by atoms with E-state index < -0.39 is 23.9 Å². The highest BCUT2D eigenvalue weighted by Gasteiger charge is 2.36. The van der Waals surface area contributed by atoms with E-state index in [4.69, 9.17) is 4.74 Å². The summed E-state index contributed by atoms with van der Waals surface area (Å²) in [5.41, 5.74) is 3.74. The number of ether oxygens (including phenoxy) is 1. The molecule has 0 radical (unpaired) electrons. The molecule has 1 aliphatic rings. The van der Waals surface area contributed by atoms with Crippen molar-refractivity contribution >= 4 is 23.5 Å². The van der Waals surface area contributed by atoms with Crippen molar-refractivity contribution in [1.29, 1.82) is 0 Å². The molecule has 1 saturated heterocycles. The van der Waals surface area contributed by atoms with Gasteiger partial charge in [0.2, 0.25) is 5.91 Å². The number of rotatable bonds is 6. The number of aryl methyl sites for hydroxylation is 2. The van der Waals surface area contributed by atoms with E-state index in [-0.39, 0.29) is 12.3 Å². The monoisotopic (exact) mass is 394 g/mol. The summed E-state index contributed by atoms with van der Waals surface area (Å²) in [7, 11) is 0. The lowest BCUT2D eigenvalue weighted by molar-refractivity contribution is -0.157. The van der Waals surface area contributed by atoms with Crippen LogP contribution in [-0.2, 0) is 25.7 Å². The standard InChI is InChI=1S/C23H26N2O4/c1-15-9-10-20(16(2)11-15)24-22(27)17(3)29-23(28)19-12-21(26)25(14-19)13-18-7-5-4-6-8-18/h4-11,17,19H,12-14H2,1-3H3,(H,24,27). The van der Waals surface area contributed by atoms with Crippen LogP contribution < -0.4 is 5.32 Å². The second-order valence-corrected chi connectivity index (χ2v) is 7.55. The summed E-state index contributed by atoms with van der Waals surface area (Å²) >= 11 is 0. The number of esters is 1. The molecule has 2 amide bonds. The summed E-state index contributed by atoms with van der Waals surface area (Å²) < 4.78 is 5.35. The topological polar surface area (TPSA) is 75.7 Å². The molecule has 0 aliphatic carbocycles. The van der Waals surface area contributed by atoms with Crippen LogP contribution in [-0.4, -0.2) is 35.3 Å². The largest absolute Gasteiger partial charge is 0.452 e. The number of carbonyl (C=O) groups is 3. The summed E-state index contributed by atoms with van der Waals surface area (Å²) in [5, 5.41) is 2.79. The highest BCUT2D eigenvalue weighted by Crippen LogP contribution is 2.22. The molecule has 2 aromatic carbocycles. The molecular weight excluding hydrogens is 368 g/mol. The Morgan fingerprint density at radius 3 is 2.59 bits per heavy atom. The number of anilines is 1. The summed E-state index contributed by atoms with van der Waals surface area (Å²) in [4.78, 5) is 38.8. The van der Waals surface area contributed by atoms with Gasteiger partial charge in [0, 0.05) is 25.2 Å². The second-order valence-electron chi connectivity index (χ2n) is 7.55. The van der Waals surface area contributed by atoms with Gasteiger partial charge in [-0.1, -0.05) is 48.0 Å². The van der Waals surface area contributed by atoms with Crippen LogP contribution in [0.15, 0.2) is 48.5 Å². The Kier molecular flexibility index (Phi) is 6.32. The molecule has 3 rings (SSSR count). The molecule has 152 valence electrons. The first-order chi connectivity index (χ1) is 13.8. The van der Waals surface area contributed by atoms with Crippen molar-refractivity contribution in [3.8, 4) is 0 Å². The van der Waals surface area contributed by atoms with Gasteiger partial charge in [-0.05, 0) is 38.0 Å². The molecule has 6 nitrogen and oxygen atoms in total. The second kappa shape index (κ2) is 8.90. The number of nitrogens with zero attached hydrogens (tertiary/aromatic N) is 1. The van der Waals surface area contributed by atoms with Gasteiger partial charge in [-0.2, -0.15) is 0 Å². The van der Waals surface area contributed by atoms with E-state index in [9.17, 15) is 14.4 Å². The molecule has 6 heteroatoms. The Balaban J connectivity index is 1.54. The van der Waals surface area contributed by atoms with Crippen molar-refractivity contribution in [2.45, 2.75) is 39.8 Å². The fraction of sp³-hybridized carbons (Fsp3) is 0.348. The Morgan fingerprint density at radius 2 is 1.90 bits per heavy atom. The van der Waals surface area contributed by atoms with Crippen LogP contribution in [0.1, 0.15) is 30.0 Å².